The van der Waals surface area contributed by atoms with Crippen LogP contribution in [0, 0.1) is 5.82 Å². The van der Waals surface area contributed by atoms with Gasteiger partial charge in [0.05, 0.1) is 17.8 Å². The Bertz CT molecular complexity index is 277. The van der Waals surface area contributed by atoms with E-state index in [0.717, 1.165) is 0 Å². The van der Waals surface area contributed by atoms with Crippen molar-refractivity contribution in [3.63, 3.8) is 0 Å². The Morgan fingerprint density at radius 3 is 2.64 bits per heavy atom. The topological polar surface area (TPSA) is 35.2 Å². The zero-order chi connectivity index (χ0) is 8.43. The number of anilines is 1. The van der Waals surface area contributed by atoms with Gasteiger partial charge in [-0.3, -0.25) is 0 Å². The molecule has 0 aromatic heterocycles. The Balaban J connectivity index is 3.29. The zero-order valence-electron chi connectivity index (χ0n) is 5.90. The summed E-state index contributed by atoms with van der Waals surface area (Å²) >= 11 is 5.45. The second-order valence-electron chi connectivity index (χ2n) is 1.98. The summed E-state index contributed by atoms with van der Waals surface area (Å²) in [6, 6.07) is 2.87. The van der Waals surface area contributed by atoms with Crippen molar-refractivity contribution in [2.24, 2.45) is 0 Å². The van der Waals surface area contributed by atoms with Crippen LogP contribution in [0.1, 0.15) is 0 Å². The molecule has 0 saturated heterocycles. The number of nitrogen functional groups attached to an aromatic ring is 1. The maximum atomic E-state index is 12.9. The molecular formula is C7H7ClFNO. The molecule has 0 fully saturated rings. The van der Waals surface area contributed by atoms with Crippen molar-refractivity contribution < 1.29 is 9.13 Å². The number of nitrogens with two attached hydrogens (primary N) is 1. The summed E-state index contributed by atoms with van der Waals surface area (Å²) in [6.07, 6.45) is 0. The fraction of sp³-hybridized carbons (Fsp3) is 0.143. The summed E-state index contributed by atoms with van der Waals surface area (Å²) in [6.45, 7) is 0. The smallest absolute Gasteiger partial charge is 0.185 e. The van der Waals surface area contributed by atoms with Gasteiger partial charge in [0.25, 0.3) is 0 Å². The molecule has 0 spiro atoms. The zero-order valence-corrected chi connectivity index (χ0v) is 6.65. The lowest BCUT2D eigenvalue weighted by atomic mass is 10.3. The molecule has 1 aromatic carbocycles. The molecule has 0 aliphatic carbocycles. The monoisotopic (exact) mass is 175 g/mol. The molecule has 0 bridgehead atoms. The van der Waals surface area contributed by atoms with Crippen LogP contribution in [0.25, 0.3) is 0 Å². The van der Waals surface area contributed by atoms with Crippen molar-refractivity contribution in [2.75, 3.05) is 12.8 Å². The molecule has 0 aliphatic rings. The van der Waals surface area contributed by atoms with Crippen LogP contribution in [-0.4, -0.2) is 7.11 Å². The molecule has 0 unspecified atom stereocenters. The lowest BCUT2D eigenvalue weighted by Crippen LogP contribution is -1.95. The van der Waals surface area contributed by atoms with Crippen molar-refractivity contribution in [2.45, 2.75) is 0 Å². The van der Waals surface area contributed by atoms with Gasteiger partial charge in [0.1, 0.15) is 0 Å². The van der Waals surface area contributed by atoms with Gasteiger partial charge >= 0.3 is 0 Å². The number of benzene rings is 1. The third-order valence-corrected chi connectivity index (χ3v) is 1.58. The molecule has 60 valence electrons. The van der Waals surface area contributed by atoms with Crippen LogP contribution in [0.15, 0.2) is 12.1 Å². The number of rotatable bonds is 1. The van der Waals surface area contributed by atoms with Crippen LogP contribution in [0.5, 0.6) is 5.75 Å². The highest BCUT2D eigenvalue weighted by Crippen LogP contribution is 2.29. The van der Waals surface area contributed by atoms with E-state index in [1.807, 2.05) is 0 Å². The van der Waals surface area contributed by atoms with Gasteiger partial charge in [0.15, 0.2) is 11.6 Å². The van der Waals surface area contributed by atoms with E-state index in [1.54, 1.807) is 0 Å². The number of ether oxygens (including phenoxy) is 1. The number of hydrogen-bond donors (Lipinski definition) is 1. The van der Waals surface area contributed by atoms with Gasteiger partial charge in [-0.05, 0) is 12.1 Å². The van der Waals surface area contributed by atoms with E-state index in [4.69, 9.17) is 17.3 Å². The fourth-order valence-corrected chi connectivity index (χ4v) is 0.903. The highest BCUT2D eigenvalue weighted by atomic mass is 35.5. The van der Waals surface area contributed by atoms with E-state index in [2.05, 4.69) is 4.74 Å². The molecule has 2 nitrogen and oxygen atoms in total. The number of hydrogen-bond acceptors (Lipinski definition) is 2. The highest BCUT2D eigenvalue weighted by Gasteiger charge is 2.09. The standard InChI is InChI=1S/C7H7ClFNO/c1-11-7-5(10)3-2-4(8)6(7)9/h2-3H,10H2,1H3. The number of halogens is 2. The fourth-order valence-electron chi connectivity index (χ4n) is 0.754. The second-order valence-corrected chi connectivity index (χ2v) is 2.39. The molecule has 0 amide bonds. The minimum Gasteiger partial charge on any atom is -0.492 e. The van der Waals surface area contributed by atoms with Gasteiger partial charge < -0.3 is 10.5 Å². The Hall–Kier alpha value is -0.960. The van der Waals surface area contributed by atoms with Gasteiger partial charge in [0.2, 0.25) is 0 Å². The van der Waals surface area contributed by atoms with Crippen LogP contribution in [-0.2, 0) is 0 Å². The normalized spacial score (nSPS) is 9.73. The molecule has 0 heterocycles. The first kappa shape index (κ1) is 8.14. The summed E-state index contributed by atoms with van der Waals surface area (Å²) in [7, 11) is 1.34. The Labute approximate surface area is 68.7 Å². The van der Waals surface area contributed by atoms with Crippen molar-refractivity contribution in [3.05, 3.63) is 23.0 Å². The first-order valence-electron chi connectivity index (χ1n) is 2.94. The van der Waals surface area contributed by atoms with Crippen molar-refractivity contribution in [3.8, 4) is 5.75 Å². The molecule has 1 aromatic rings. The molecule has 0 aliphatic heterocycles. The van der Waals surface area contributed by atoms with Crippen molar-refractivity contribution >= 4 is 17.3 Å². The van der Waals surface area contributed by atoms with Gasteiger partial charge in [-0.25, -0.2) is 4.39 Å². The molecule has 11 heavy (non-hydrogen) atoms. The highest BCUT2D eigenvalue weighted by molar-refractivity contribution is 6.31. The molecule has 1 rings (SSSR count). The summed E-state index contributed by atoms with van der Waals surface area (Å²) in [4.78, 5) is 0. The van der Waals surface area contributed by atoms with Gasteiger partial charge in [-0.15, -0.1) is 0 Å². The molecule has 4 heteroatoms. The van der Waals surface area contributed by atoms with Crippen molar-refractivity contribution in [1.82, 2.24) is 0 Å². The molecular weight excluding hydrogens is 169 g/mol. The maximum absolute atomic E-state index is 12.9. The van der Waals surface area contributed by atoms with Crippen LogP contribution >= 0.6 is 11.6 Å². The predicted octanol–water partition coefficient (Wildman–Crippen LogP) is 2.07. The van der Waals surface area contributed by atoms with Gasteiger partial charge in [0, 0.05) is 0 Å². The third kappa shape index (κ3) is 1.38. The number of methoxy groups -OCH3 is 1. The average Bonchev–Trinajstić information content (AvgIpc) is 1.99. The predicted molar refractivity (Wildman–Crippen MR) is 42.4 cm³/mol. The lowest BCUT2D eigenvalue weighted by molar-refractivity contribution is 0.389. The van der Waals surface area contributed by atoms with E-state index in [-0.39, 0.29) is 16.5 Å². The minimum atomic E-state index is -0.617. The Morgan fingerprint density at radius 1 is 1.55 bits per heavy atom. The third-order valence-electron chi connectivity index (χ3n) is 1.28. The molecule has 0 saturated carbocycles. The SMILES string of the molecule is COc1c(N)ccc(Cl)c1F. The Morgan fingerprint density at radius 2 is 2.18 bits per heavy atom. The Kier molecular flexibility index (Phi) is 2.19. The van der Waals surface area contributed by atoms with Crippen LogP contribution < -0.4 is 10.5 Å². The first-order valence-corrected chi connectivity index (χ1v) is 3.32. The quantitative estimate of drug-likeness (QED) is 0.664. The second kappa shape index (κ2) is 2.96. The van der Waals surface area contributed by atoms with E-state index in [0.29, 0.717) is 0 Å². The molecule has 2 N–H and O–H groups in total. The van der Waals surface area contributed by atoms with E-state index >= 15 is 0 Å². The average molecular weight is 176 g/mol. The van der Waals surface area contributed by atoms with Crippen LogP contribution in [0.4, 0.5) is 10.1 Å². The van der Waals surface area contributed by atoms with Gasteiger partial charge in [-0.1, -0.05) is 11.6 Å². The summed E-state index contributed by atoms with van der Waals surface area (Å²) < 4.78 is 17.6. The lowest BCUT2D eigenvalue weighted by Gasteiger charge is -2.05. The summed E-state index contributed by atoms with van der Waals surface area (Å²) in [5.41, 5.74) is 5.62. The largest absolute Gasteiger partial charge is 0.492 e. The summed E-state index contributed by atoms with van der Waals surface area (Å²) in [5, 5.41) is 0.0102. The van der Waals surface area contributed by atoms with E-state index in [9.17, 15) is 4.39 Å². The van der Waals surface area contributed by atoms with Crippen LogP contribution in [0.2, 0.25) is 5.02 Å². The van der Waals surface area contributed by atoms with E-state index < -0.39 is 5.82 Å². The minimum absolute atomic E-state index is 0.00231. The maximum Gasteiger partial charge on any atom is 0.185 e. The molecule has 0 atom stereocenters. The first-order chi connectivity index (χ1) is 5.16. The summed E-state index contributed by atoms with van der Waals surface area (Å²) in [5.74, 6) is -0.619. The van der Waals surface area contributed by atoms with E-state index in [1.165, 1.54) is 19.2 Å². The molecule has 0 radical (unpaired) electrons. The van der Waals surface area contributed by atoms with Crippen LogP contribution in [0.3, 0.4) is 0 Å². The van der Waals surface area contributed by atoms with Gasteiger partial charge in [-0.2, -0.15) is 0 Å². The van der Waals surface area contributed by atoms with Crippen molar-refractivity contribution in [1.29, 1.82) is 0 Å².